The monoisotopic (exact) mass is 256 g/mol. The van der Waals surface area contributed by atoms with E-state index in [1.54, 1.807) is 4.31 Å². The molecule has 0 aliphatic carbocycles. The molecule has 4 nitrogen and oxygen atoms in total. The number of sulfonamides is 1. The van der Waals surface area contributed by atoms with Gasteiger partial charge < -0.3 is 5.32 Å². The molecule has 0 unspecified atom stereocenters. The van der Waals surface area contributed by atoms with Crippen molar-refractivity contribution in [2.24, 2.45) is 5.41 Å². The van der Waals surface area contributed by atoms with E-state index in [2.05, 4.69) is 5.32 Å². The summed E-state index contributed by atoms with van der Waals surface area (Å²) in [5, 5.41) is 3.14. The first-order chi connectivity index (χ1) is 6.31. The minimum absolute atomic E-state index is 0. The van der Waals surface area contributed by atoms with Crippen LogP contribution >= 0.6 is 12.4 Å². The molecule has 0 aromatic rings. The smallest absolute Gasteiger partial charge is 0.214 e. The Bertz CT molecular complexity index is 279. The van der Waals surface area contributed by atoms with E-state index in [9.17, 15) is 8.42 Å². The molecule has 0 aromatic heterocycles. The molecule has 1 N–H and O–H groups in total. The van der Waals surface area contributed by atoms with Crippen LogP contribution in [0.3, 0.4) is 0 Å². The third-order valence-electron chi connectivity index (χ3n) is 2.08. The second-order valence-corrected chi connectivity index (χ2v) is 6.93. The Balaban J connectivity index is 0.00000196. The lowest BCUT2D eigenvalue weighted by Gasteiger charge is -2.29. The molecule has 0 saturated carbocycles. The molecule has 0 atom stereocenters. The lowest BCUT2D eigenvalue weighted by Crippen LogP contribution is -2.48. The second kappa shape index (κ2) is 5.48. The van der Waals surface area contributed by atoms with Gasteiger partial charge in [-0.15, -0.1) is 12.4 Å². The van der Waals surface area contributed by atoms with E-state index in [1.807, 2.05) is 20.8 Å². The van der Waals surface area contributed by atoms with Gasteiger partial charge in [0.25, 0.3) is 0 Å². The molecule has 0 aromatic carbocycles. The zero-order valence-electron chi connectivity index (χ0n) is 9.62. The minimum atomic E-state index is -3.05. The van der Waals surface area contributed by atoms with Gasteiger partial charge in [0.15, 0.2) is 0 Å². The molecular weight excluding hydrogens is 236 g/mol. The Kier molecular flexibility index (Phi) is 5.54. The van der Waals surface area contributed by atoms with E-state index < -0.39 is 10.0 Å². The molecule has 6 heteroatoms. The first-order valence-electron chi connectivity index (χ1n) is 5.00. The van der Waals surface area contributed by atoms with Crippen molar-refractivity contribution < 1.29 is 8.42 Å². The minimum Gasteiger partial charge on any atom is -0.314 e. The molecular formula is C9H21ClN2O2S. The number of hydrogen-bond donors (Lipinski definition) is 1. The molecule has 1 saturated heterocycles. The molecule has 1 aliphatic rings. The number of nitrogens with zero attached hydrogens (tertiary/aromatic N) is 1. The summed E-state index contributed by atoms with van der Waals surface area (Å²) in [6.07, 6.45) is 0. The van der Waals surface area contributed by atoms with E-state index >= 15 is 0 Å². The van der Waals surface area contributed by atoms with Crippen molar-refractivity contribution in [1.29, 1.82) is 0 Å². The van der Waals surface area contributed by atoms with E-state index in [4.69, 9.17) is 0 Å². The zero-order valence-corrected chi connectivity index (χ0v) is 11.2. The van der Waals surface area contributed by atoms with Gasteiger partial charge in [-0.3, -0.25) is 0 Å². The Labute approximate surface area is 98.9 Å². The molecule has 1 fully saturated rings. The van der Waals surface area contributed by atoms with Gasteiger partial charge in [-0.25, -0.2) is 8.42 Å². The molecule has 0 spiro atoms. The maximum absolute atomic E-state index is 11.9. The fraction of sp³-hybridized carbons (Fsp3) is 1.00. The molecule has 15 heavy (non-hydrogen) atoms. The Hall–Kier alpha value is 0.160. The van der Waals surface area contributed by atoms with E-state index in [0.717, 1.165) is 13.1 Å². The van der Waals surface area contributed by atoms with Crippen LogP contribution < -0.4 is 5.32 Å². The average Bonchev–Trinajstić information content (AvgIpc) is 2.01. The lowest BCUT2D eigenvalue weighted by molar-refractivity contribution is 0.349. The van der Waals surface area contributed by atoms with Crippen molar-refractivity contribution in [2.45, 2.75) is 20.8 Å². The number of nitrogens with one attached hydrogen (secondary N) is 1. The third kappa shape index (κ3) is 5.15. The summed E-state index contributed by atoms with van der Waals surface area (Å²) < 4.78 is 25.4. The van der Waals surface area contributed by atoms with Crippen molar-refractivity contribution in [2.75, 3.05) is 31.9 Å². The van der Waals surface area contributed by atoms with Crippen LogP contribution in [-0.4, -0.2) is 44.7 Å². The highest BCUT2D eigenvalue weighted by Crippen LogP contribution is 2.18. The predicted octanol–water partition coefficient (Wildman–Crippen LogP) is 0.689. The quantitative estimate of drug-likeness (QED) is 0.791. The molecule has 92 valence electrons. The summed E-state index contributed by atoms with van der Waals surface area (Å²) >= 11 is 0. The summed E-state index contributed by atoms with van der Waals surface area (Å²) in [4.78, 5) is 0. The van der Waals surface area contributed by atoms with Crippen molar-refractivity contribution in [1.82, 2.24) is 9.62 Å². The van der Waals surface area contributed by atoms with Gasteiger partial charge in [-0.2, -0.15) is 4.31 Å². The Morgan fingerprint density at radius 2 is 1.67 bits per heavy atom. The Morgan fingerprint density at radius 3 is 2.07 bits per heavy atom. The summed E-state index contributed by atoms with van der Waals surface area (Å²) in [7, 11) is -3.05. The van der Waals surface area contributed by atoms with Gasteiger partial charge >= 0.3 is 0 Å². The van der Waals surface area contributed by atoms with Crippen LogP contribution in [0.25, 0.3) is 0 Å². The molecule has 0 radical (unpaired) electrons. The fourth-order valence-electron chi connectivity index (χ4n) is 1.56. The standard InChI is InChI=1S/C9H20N2O2S.ClH/c1-9(2,3)8-14(12,13)11-6-4-10-5-7-11;/h10H,4-8H2,1-3H3;1H. The molecule has 0 bridgehead atoms. The molecule has 1 aliphatic heterocycles. The molecule has 1 heterocycles. The maximum Gasteiger partial charge on any atom is 0.214 e. The molecule has 1 rings (SSSR count). The van der Waals surface area contributed by atoms with Crippen LogP contribution in [0.1, 0.15) is 20.8 Å². The lowest BCUT2D eigenvalue weighted by atomic mass is 10.0. The van der Waals surface area contributed by atoms with Crippen molar-refractivity contribution in [3.63, 3.8) is 0 Å². The van der Waals surface area contributed by atoms with Crippen LogP contribution in [-0.2, 0) is 10.0 Å². The Morgan fingerprint density at radius 1 is 1.20 bits per heavy atom. The topological polar surface area (TPSA) is 49.4 Å². The fourth-order valence-corrected chi connectivity index (χ4v) is 3.58. The van der Waals surface area contributed by atoms with Crippen LogP contribution in [0.2, 0.25) is 0 Å². The van der Waals surface area contributed by atoms with Crippen LogP contribution in [0, 0.1) is 5.41 Å². The largest absolute Gasteiger partial charge is 0.314 e. The number of rotatable bonds is 2. The normalized spacial score (nSPS) is 19.7. The van der Waals surface area contributed by atoms with Crippen molar-refractivity contribution >= 4 is 22.4 Å². The first-order valence-corrected chi connectivity index (χ1v) is 6.61. The third-order valence-corrected chi connectivity index (χ3v) is 4.47. The second-order valence-electron chi connectivity index (χ2n) is 4.97. The first kappa shape index (κ1) is 15.2. The highest BCUT2D eigenvalue weighted by atomic mass is 35.5. The summed E-state index contributed by atoms with van der Waals surface area (Å²) in [6.45, 7) is 8.61. The van der Waals surface area contributed by atoms with Gasteiger partial charge in [-0.05, 0) is 5.41 Å². The highest BCUT2D eigenvalue weighted by Gasteiger charge is 2.28. The average molecular weight is 257 g/mol. The van der Waals surface area contributed by atoms with Gasteiger partial charge in [0.2, 0.25) is 10.0 Å². The zero-order chi connectivity index (χ0) is 10.8. The highest BCUT2D eigenvalue weighted by molar-refractivity contribution is 7.89. The summed E-state index contributed by atoms with van der Waals surface area (Å²) in [6, 6.07) is 0. The van der Waals surface area contributed by atoms with Crippen LogP contribution in [0.4, 0.5) is 0 Å². The summed E-state index contributed by atoms with van der Waals surface area (Å²) in [5.74, 6) is 0.236. The number of halogens is 1. The van der Waals surface area contributed by atoms with Gasteiger partial charge in [-0.1, -0.05) is 20.8 Å². The number of piperazine rings is 1. The predicted molar refractivity (Wildman–Crippen MR) is 64.9 cm³/mol. The number of hydrogen-bond acceptors (Lipinski definition) is 3. The van der Waals surface area contributed by atoms with Crippen LogP contribution in [0.5, 0.6) is 0 Å². The van der Waals surface area contributed by atoms with E-state index in [0.29, 0.717) is 13.1 Å². The summed E-state index contributed by atoms with van der Waals surface area (Å²) in [5.41, 5.74) is -0.163. The maximum atomic E-state index is 11.9. The van der Waals surface area contributed by atoms with Gasteiger partial charge in [0.1, 0.15) is 0 Å². The van der Waals surface area contributed by atoms with Gasteiger partial charge in [0.05, 0.1) is 5.75 Å². The van der Waals surface area contributed by atoms with E-state index in [1.165, 1.54) is 0 Å². The molecule has 0 amide bonds. The van der Waals surface area contributed by atoms with Crippen molar-refractivity contribution in [3.05, 3.63) is 0 Å². The SMILES string of the molecule is CC(C)(C)CS(=O)(=O)N1CCNCC1.Cl. The van der Waals surface area contributed by atoms with Gasteiger partial charge in [0, 0.05) is 26.2 Å². The van der Waals surface area contributed by atoms with E-state index in [-0.39, 0.29) is 23.6 Å². The van der Waals surface area contributed by atoms with Crippen LogP contribution in [0.15, 0.2) is 0 Å². The van der Waals surface area contributed by atoms with Crippen molar-refractivity contribution in [3.8, 4) is 0 Å².